The predicted octanol–water partition coefficient (Wildman–Crippen LogP) is 2.49. The molecule has 0 unspecified atom stereocenters. The van der Waals surface area contributed by atoms with E-state index in [-0.39, 0.29) is 5.54 Å². The van der Waals surface area contributed by atoms with Gasteiger partial charge >= 0.3 is 0 Å². The Hall–Kier alpha value is -0.540. The van der Waals surface area contributed by atoms with E-state index in [4.69, 9.17) is 5.73 Å². The summed E-state index contributed by atoms with van der Waals surface area (Å²) in [4.78, 5) is 0. The lowest BCUT2D eigenvalue weighted by Crippen LogP contribution is -2.43. The molecule has 3 N–H and O–H groups in total. The monoisotopic (exact) mass is 241 g/mol. The molecule has 1 aliphatic rings. The second kappa shape index (κ2) is 3.00. The maximum absolute atomic E-state index is 9.68. The van der Waals surface area contributed by atoms with Crippen LogP contribution in [0.4, 0.5) is 0 Å². The van der Waals surface area contributed by atoms with Crippen LogP contribution in [-0.4, -0.2) is 5.11 Å². The minimum absolute atomic E-state index is 0.301. The van der Waals surface area contributed by atoms with Gasteiger partial charge in [-0.25, -0.2) is 0 Å². The molecule has 0 aromatic heterocycles. The number of rotatable bonds is 1. The van der Waals surface area contributed by atoms with E-state index in [0.29, 0.717) is 5.75 Å². The zero-order chi connectivity index (χ0) is 9.47. The van der Waals surface area contributed by atoms with Crippen molar-refractivity contribution in [2.24, 2.45) is 5.73 Å². The summed E-state index contributed by atoms with van der Waals surface area (Å²) in [5, 5.41) is 9.68. The highest BCUT2D eigenvalue weighted by molar-refractivity contribution is 9.10. The highest BCUT2D eigenvalue weighted by Crippen LogP contribution is 2.45. The molecule has 1 aromatic rings. The molecular formula is C10H12BrNO. The first kappa shape index (κ1) is 9.03. The average molecular weight is 242 g/mol. The smallest absolute Gasteiger partial charge is 0.121 e. The molecule has 2 rings (SSSR count). The summed E-state index contributed by atoms with van der Waals surface area (Å²) in [5.74, 6) is 0.302. The fraction of sp³-hybridized carbons (Fsp3) is 0.400. The minimum atomic E-state index is -0.301. The third kappa shape index (κ3) is 1.36. The number of aromatic hydroxyl groups is 1. The number of nitrogens with two attached hydrogens (primary N) is 1. The van der Waals surface area contributed by atoms with Crippen LogP contribution in [0.1, 0.15) is 24.8 Å². The summed E-state index contributed by atoms with van der Waals surface area (Å²) >= 11 is 3.42. The standard InChI is InChI=1S/C10H12BrNO/c11-7-3-1-4-8(13)9(7)10(12)5-2-6-10/h1,3-4,13H,2,5-6,12H2. The van der Waals surface area contributed by atoms with Gasteiger partial charge in [0.15, 0.2) is 0 Å². The molecule has 1 saturated carbocycles. The van der Waals surface area contributed by atoms with Crippen molar-refractivity contribution in [2.45, 2.75) is 24.8 Å². The van der Waals surface area contributed by atoms with Gasteiger partial charge in [-0.15, -0.1) is 0 Å². The van der Waals surface area contributed by atoms with E-state index in [9.17, 15) is 5.11 Å². The van der Waals surface area contributed by atoms with Crippen LogP contribution in [0, 0.1) is 0 Å². The molecule has 1 aliphatic carbocycles. The maximum Gasteiger partial charge on any atom is 0.121 e. The van der Waals surface area contributed by atoms with E-state index in [0.717, 1.165) is 29.3 Å². The van der Waals surface area contributed by atoms with Gasteiger partial charge in [0.05, 0.1) is 0 Å². The van der Waals surface area contributed by atoms with Crippen molar-refractivity contribution in [1.29, 1.82) is 0 Å². The molecule has 0 amide bonds. The van der Waals surface area contributed by atoms with Crippen molar-refractivity contribution in [3.05, 3.63) is 28.2 Å². The summed E-state index contributed by atoms with van der Waals surface area (Å²) in [6, 6.07) is 5.42. The van der Waals surface area contributed by atoms with Gasteiger partial charge in [0.1, 0.15) is 5.75 Å². The average Bonchev–Trinajstić information content (AvgIpc) is 2.01. The molecule has 0 heterocycles. The number of benzene rings is 1. The Balaban J connectivity index is 2.49. The van der Waals surface area contributed by atoms with E-state index in [2.05, 4.69) is 15.9 Å². The molecule has 3 heteroatoms. The van der Waals surface area contributed by atoms with Gasteiger partial charge < -0.3 is 10.8 Å². The lowest BCUT2D eigenvalue weighted by atomic mass is 9.72. The quantitative estimate of drug-likeness (QED) is 0.794. The lowest BCUT2D eigenvalue weighted by molar-refractivity contribution is 0.244. The zero-order valence-electron chi connectivity index (χ0n) is 7.26. The predicted molar refractivity (Wildman–Crippen MR) is 55.5 cm³/mol. The van der Waals surface area contributed by atoms with E-state index in [1.54, 1.807) is 6.07 Å². The summed E-state index contributed by atoms with van der Waals surface area (Å²) in [7, 11) is 0. The van der Waals surface area contributed by atoms with Crippen LogP contribution in [0.25, 0.3) is 0 Å². The van der Waals surface area contributed by atoms with Gasteiger partial charge in [0.2, 0.25) is 0 Å². The first-order valence-electron chi connectivity index (χ1n) is 4.40. The highest BCUT2D eigenvalue weighted by atomic mass is 79.9. The SMILES string of the molecule is NC1(c2c(O)cccc2Br)CCC1. The normalized spacial score (nSPS) is 19.5. The van der Waals surface area contributed by atoms with Crippen molar-refractivity contribution in [2.75, 3.05) is 0 Å². The molecule has 0 spiro atoms. The van der Waals surface area contributed by atoms with Crippen LogP contribution in [0.2, 0.25) is 0 Å². The fourth-order valence-corrected chi connectivity index (χ4v) is 2.56. The van der Waals surface area contributed by atoms with Gasteiger partial charge in [0.25, 0.3) is 0 Å². The first-order chi connectivity index (χ1) is 6.13. The van der Waals surface area contributed by atoms with Gasteiger partial charge in [-0.1, -0.05) is 22.0 Å². The van der Waals surface area contributed by atoms with Gasteiger partial charge in [-0.05, 0) is 31.4 Å². The fourth-order valence-electron chi connectivity index (χ4n) is 1.81. The molecule has 0 radical (unpaired) electrons. The molecule has 2 nitrogen and oxygen atoms in total. The summed E-state index contributed by atoms with van der Waals surface area (Å²) < 4.78 is 0.912. The number of hydrogen-bond donors (Lipinski definition) is 2. The Morgan fingerprint density at radius 2 is 2.08 bits per heavy atom. The maximum atomic E-state index is 9.68. The third-order valence-electron chi connectivity index (χ3n) is 2.74. The number of phenols is 1. The number of hydrogen-bond acceptors (Lipinski definition) is 2. The molecule has 0 bridgehead atoms. The topological polar surface area (TPSA) is 46.2 Å². The van der Waals surface area contributed by atoms with Crippen LogP contribution >= 0.6 is 15.9 Å². The van der Waals surface area contributed by atoms with E-state index in [1.165, 1.54) is 0 Å². The van der Waals surface area contributed by atoms with E-state index < -0.39 is 0 Å². The van der Waals surface area contributed by atoms with Crippen LogP contribution < -0.4 is 5.73 Å². The van der Waals surface area contributed by atoms with Crippen molar-refractivity contribution >= 4 is 15.9 Å². The summed E-state index contributed by atoms with van der Waals surface area (Å²) in [5.41, 5.74) is 6.70. The second-order valence-corrected chi connectivity index (χ2v) is 4.50. The largest absolute Gasteiger partial charge is 0.508 e. The molecule has 13 heavy (non-hydrogen) atoms. The molecule has 0 saturated heterocycles. The Morgan fingerprint density at radius 1 is 1.38 bits per heavy atom. The third-order valence-corrected chi connectivity index (χ3v) is 3.40. The Bertz CT molecular complexity index is 313. The van der Waals surface area contributed by atoms with Crippen LogP contribution in [0.5, 0.6) is 5.75 Å². The molecular weight excluding hydrogens is 230 g/mol. The van der Waals surface area contributed by atoms with Crippen molar-refractivity contribution < 1.29 is 5.11 Å². The van der Waals surface area contributed by atoms with Crippen LogP contribution in [-0.2, 0) is 5.54 Å². The van der Waals surface area contributed by atoms with Crippen LogP contribution in [0.15, 0.2) is 22.7 Å². The number of halogens is 1. The Labute approximate surface area is 85.9 Å². The van der Waals surface area contributed by atoms with Gasteiger partial charge in [-0.2, -0.15) is 0 Å². The second-order valence-electron chi connectivity index (χ2n) is 3.64. The Morgan fingerprint density at radius 3 is 2.54 bits per heavy atom. The zero-order valence-corrected chi connectivity index (χ0v) is 8.84. The molecule has 1 aromatic carbocycles. The van der Waals surface area contributed by atoms with Crippen molar-refractivity contribution in [3.63, 3.8) is 0 Å². The lowest BCUT2D eigenvalue weighted by Gasteiger charge is -2.39. The summed E-state index contributed by atoms with van der Waals surface area (Å²) in [6.07, 6.45) is 3.07. The van der Waals surface area contributed by atoms with Gasteiger partial charge in [0, 0.05) is 15.6 Å². The summed E-state index contributed by atoms with van der Waals surface area (Å²) in [6.45, 7) is 0. The first-order valence-corrected chi connectivity index (χ1v) is 5.20. The minimum Gasteiger partial charge on any atom is -0.508 e. The van der Waals surface area contributed by atoms with Gasteiger partial charge in [-0.3, -0.25) is 0 Å². The van der Waals surface area contributed by atoms with E-state index >= 15 is 0 Å². The Kier molecular flexibility index (Phi) is 2.08. The van der Waals surface area contributed by atoms with Crippen molar-refractivity contribution in [1.82, 2.24) is 0 Å². The van der Waals surface area contributed by atoms with E-state index in [1.807, 2.05) is 12.1 Å². The van der Waals surface area contributed by atoms with Crippen molar-refractivity contribution in [3.8, 4) is 5.75 Å². The van der Waals surface area contributed by atoms with Crippen LogP contribution in [0.3, 0.4) is 0 Å². The highest BCUT2D eigenvalue weighted by Gasteiger charge is 2.37. The molecule has 1 fully saturated rings. The molecule has 70 valence electrons. The number of phenolic OH excluding ortho intramolecular Hbond substituents is 1. The molecule has 0 aliphatic heterocycles. The molecule has 0 atom stereocenters.